The van der Waals surface area contributed by atoms with Crippen LogP contribution in [-0.2, 0) is 14.3 Å². The third-order valence-corrected chi connectivity index (χ3v) is 4.28. The number of esters is 1. The fraction of sp³-hybridized carbons (Fsp3) is 0.600. The Morgan fingerprint density at radius 1 is 1.20 bits per heavy atom. The number of amides is 1. The number of carbonyl (C=O) groups excluding carboxylic acids is 2. The van der Waals surface area contributed by atoms with Crippen molar-refractivity contribution in [3.63, 3.8) is 0 Å². The largest absolute Gasteiger partial charge is 0.466 e. The molecule has 1 fully saturated rings. The molecular formula is C20H29NO4. The molecule has 1 amide bonds. The summed E-state index contributed by atoms with van der Waals surface area (Å²) in [6, 6.07) is 9.86. The Morgan fingerprint density at radius 3 is 2.48 bits per heavy atom. The van der Waals surface area contributed by atoms with Crippen LogP contribution in [0.5, 0.6) is 0 Å². The molecule has 2 unspecified atom stereocenters. The number of carbonyl (C=O) groups is 2. The molecule has 0 spiro atoms. The molecule has 1 saturated heterocycles. The molecule has 0 aliphatic carbocycles. The van der Waals surface area contributed by atoms with Gasteiger partial charge in [-0.2, -0.15) is 0 Å². The first-order chi connectivity index (χ1) is 11.8. The van der Waals surface area contributed by atoms with Crippen molar-refractivity contribution in [3.05, 3.63) is 35.9 Å². The molecule has 1 aromatic carbocycles. The highest BCUT2D eigenvalue weighted by atomic mass is 16.6. The van der Waals surface area contributed by atoms with E-state index in [2.05, 4.69) is 0 Å². The zero-order valence-electron chi connectivity index (χ0n) is 15.7. The van der Waals surface area contributed by atoms with Gasteiger partial charge in [-0.25, -0.2) is 4.79 Å². The summed E-state index contributed by atoms with van der Waals surface area (Å²) in [5, 5.41) is 0. The van der Waals surface area contributed by atoms with Gasteiger partial charge in [0, 0.05) is 13.0 Å². The number of piperidine rings is 1. The molecule has 0 aromatic heterocycles. The van der Waals surface area contributed by atoms with Gasteiger partial charge in [0.2, 0.25) is 0 Å². The van der Waals surface area contributed by atoms with Crippen molar-refractivity contribution < 1.29 is 19.1 Å². The molecule has 0 radical (unpaired) electrons. The van der Waals surface area contributed by atoms with Crippen LogP contribution in [0.1, 0.15) is 58.6 Å². The van der Waals surface area contributed by atoms with Gasteiger partial charge in [0.15, 0.2) is 0 Å². The molecule has 5 nitrogen and oxygen atoms in total. The highest BCUT2D eigenvalue weighted by Gasteiger charge is 2.35. The lowest BCUT2D eigenvalue weighted by Gasteiger charge is -2.40. The summed E-state index contributed by atoms with van der Waals surface area (Å²) >= 11 is 0. The van der Waals surface area contributed by atoms with E-state index in [9.17, 15) is 9.59 Å². The first-order valence-electron chi connectivity index (χ1n) is 9.00. The van der Waals surface area contributed by atoms with Gasteiger partial charge in [-0.1, -0.05) is 30.3 Å². The number of likely N-dealkylation sites (tertiary alicyclic amines) is 1. The molecule has 2 atom stereocenters. The lowest BCUT2D eigenvalue weighted by molar-refractivity contribution is -0.144. The minimum atomic E-state index is -0.528. The zero-order chi connectivity index (χ0) is 18.4. The van der Waals surface area contributed by atoms with Crippen LogP contribution >= 0.6 is 0 Å². The Hall–Kier alpha value is -2.04. The van der Waals surface area contributed by atoms with Gasteiger partial charge in [0.25, 0.3) is 0 Å². The molecule has 1 heterocycles. The molecule has 0 bridgehead atoms. The van der Waals surface area contributed by atoms with E-state index in [4.69, 9.17) is 9.47 Å². The lowest BCUT2D eigenvalue weighted by Crippen LogP contribution is -2.44. The number of hydrogen-bond acceptors (Lipinski definition) is 4. The minimum absolute atomic E-state index is 0.0794. The van der Waals surface area contributed by atoms with Crippen molar-refractivity contribution >= 4 is 12.1 Å². The maximum atomic E-state index is 12.6. The summed E-state index contributed by atoms with van der Waals surface area (Å²) in [5.41, 5.74) is 0.544. The summed E-state index contributed by atoms with van der Waals surface area (Å²) in [4.78, 5) is 26.3. The molecule has 138 valence electrons. The van der Waals surface area contributed by atoms with Crippen molar-refractivity contribution in [1.29, 1.82) is 0 Å². The first-order valence-corrected chi connectivity index (χ1v) is 9.00. The van der Waals surface area contributed by atoms with Crippen LogP contribution in [0.2, 0.25) is 0 Å². The van der Waals surface area contributed by atoms with Crippen LogP contribution in [0.15, 0.2) is 30.3 Å². The number of ether oxygens (including phenoxy) is 2. The maximum Gasteiger partial charge on any atom is 0.410 e. The second kappa shape index (κ2) is 8.37. The Balaban J connectivity index is 2.14. The molecular weight excluding hydrogens is 318 g/mol. The summed E-state index contributed by atoms with van der Waals surface area (Å²) in [6.45, 7) is 8.41. The average Bonchev–Trinajstić information content (AvgIpc) is 2.54. The van der Waals surface area contributed by atoms with Crippen molar-refractivity contribution in [2.45, 2.75) is 58.6 Å². The summed E-state index contributed by atoms with van der Waals surface area (Å²) in [7, 11) is 0. The Morgan fingerprint density at radius 2 is 1.88 bits per heavy atom. The molecule has 0 N–H and O–H groups in total. The van der Waals surface area contributed by atoms with E-state index in [1.807, 2.05) is 58.0 Å². The predicted molar refractivity (Wildman–Crippen MR) is 96.1 cm³/mol. The SMILES string of the molecule is CCOC(=O)CC1CCN(C(=O)OC(C)(C)C)C(c2ccccc2)C1. The number of hydrogen-bond donors (Lipinski definition) is 0. The molecule has 0 saturated carbocycles. The molecule has 1 aliphatic rings. The van der Waals surface area contributed by atoms with E-state index in [0.717, 1.165) is 18.4 Å². The maximum absolute atomic E-state index is 12.6. The van der Waals surface area contributed by atoms with Gasteiger partial charge in [0.1, 0.15) is 5.60 Å². The summed E-state index contributed by atoms with van der Waals surface area (Å²) < 4.78 is 10.7. The van der Waals surface area contributed by atoms with E-state index >= 15 is 0 Å². The van der Waals surface area contributed by atoms with Gasteiger partial charge in [-0.3, -0.25) is 4.79 Å². The van der Waals surface area contributed by atoms with Crippen LogP contribution in [-0.4, -0.2) is 35.7 Å². The monoisotopic (exact) mass is 347 g/mol. The van der Waals surface area contributed by atoms with Crippen LogP contribution in [0, 0.1) is 5.92 Å². The van der Waals surface area contributed by atoms with E-state index in [-0.39, 0.29) is 24.0 Å². The zero-order valence-corrected chi connectivity index (χ0v) is 15.7. The van der Waals surface area contributed by atoms with Crippen LogP contribution < -0.4 is 0 Å². The smallest absolute Gasteiger partial charge is 0.410 e. The van der Waals surface area contributed by atoms with Gasteiger partial charge in [0.05, 0.1) is 12.6 Å². The second-order valence-corrected chi connectivity index (χ2v) is 7.50. The van der Waals surface area contributed by atoms with Crippen molar-refractivity contribution in [3.8, 4) is 0 Å². The molecule has 5 heteroatoms. The van der Waals surface area contributed by atoms with Gasteiger partial charge in [-0.05, 0) is 52.0 Å². The number of nitrogens with zero attached hydrogens (tertiary/aromatic N) is 1. The Kier molecular flexibility index (Phi) is 6.45. The Bertz CT molecular complexity index is 579. The summed E-state index contributed by atoms with van der Waals surface area (Å²) in [6.07, 6.45) is 1.62. The topological polar surface area (TPSA) is 55.8 Å². The van der Waals surface area contributed by atoms with Crippen molar-refractivity contribution in [2.75, 3.05) is 13.2 Å². The van der Waals surface area contributed by atoms with Crippen LogP contribution in [0.3, 0.4) is 0 Å². The van der Waals surface area contributed by atoms with Crippen molar-refractivity contribution in [1.82, 2.24) is 4.90 Å². The van der Waals surface area contributed by atoms with E-state index in [1.54, 1.807) is 4.90 Å². The normalized spacial score (nSPS) is 20.9. The summed E-state index contributed by atoms with van der Waals surface area (Å²) in [5.74, 6) is 0.0490. The average molecular weight is 347 g/mol. The molecule has 2 rings (SSSR count). The minimum Gasteiger partial charge on any atom is -0.466 e. The first kappa shape index (κ1) is 19.3. The van der Waals surface area contributed by atoms with Gasteiger partial charge >= 0.3 is 12.1 Å². The number of benzene rings is 1. The standard InChI is InChI=1S/C20H29NO4/c1-5-24-18(22)14-15-11-12-21(19(23)25-20(2,3)4)17(13-15)16-9-7-6-8-10-16/h6-10,15,17H,5,11-14H2,1-4H3. The molecule has 25 heavy (non-hydrogen) atoms. The predicted octanol–water partition coefficient (Wildman–Crippen LogP) is 4.33. The van der Waals surface area contributed by atoms with E-state index in [1.165, 1.54) is 0 Å². The lowest BCUT2D eigenvalue weighted by atomic mass is 9.85. The Labute approximate surface area is 150 Å². The quantitative estimate of drug-likeness (QED) is 0.761. The van der Waals surface area contributed by atoms with Gasteiger partial charge < -0.3 is 14.4 Å². The highest BCUT2D eigenvalue weighted by Crippen LogP contribution is 2.36. The fourth-order valence-electron chi connectivity index (χ4n) is 3.21. The third kappa shape index (κ3) is 5.76. The van der Waals surface area contributed by atoms with E-state index in [0.29, 0.717) is 19.6 Å². The van der Waals surface area contributed by atoms with E-state index < -0.39 is 5.60 Å². The van der Waals surface area contributed by atoms with Crippen molar-refractivity contribution in [2.24, 2.45) is 5.92 Å². The molecule has 1 aromatic rings. The number of rotatable bonds is 4. The van der Waals surface area contributed by atoms with Gasteiger partial charge in [-0.15, -0.1) is 0 Å². The van der Waals surface area contributed by atoms with Crippen LogP contribution in [0.4, 0.5) is 4.79 Å². The highest BCUT2D eigenvalue weighted by molar-refractivity contribution is 5.70. The second-order valence-electron chi connectivity index (χ2n) is 7.50. The van der Waals surface area contributed by atoms with Crippen LogP contribution in [0.25, 0.3) is 0 Å². The third-order valence-electron chi connectivity index (χ3n) is 4.28. The molecule has 1 aliphatic heterocycles. The fourth-order valence-corrected chi connectivity index (χ4v) is 3.21.